The second kappa shape index (κ2) is 15.0. The third-order valence-electron chi connectivity index (χ3n) is 12.8. The first-order valence-corrected chi connectivity index (χ1v) is 21.5. The Labute approximate surface area is 365 Å². The minimum atomic E-state index is -0.0232. The van der Waals surface area contributed by atoms with Crippen LogP contribution in [0.3, 0.4) is 0 Å². The number of hydrogen-bond acceptors (Lipinski definition) is 1. The highest BCUT2D eigenvalue weighted by Gasteiger charge is 2.20. The van der Waals surface area contributed by atoms with Crippen molar-refractivity contribution in [3.63, 3.8) is 0 Å². The maximum absolute atomic E-state index is 14.4. The summed E-state index contributed by atoms with van der Waals surface area (Å²) in [4.78, 5) is 14.4. The van der Waals surface area contributed by atoms with Crippen LogP contribution in [0.4, 0.5) is 0 Å². The van der Waals surface area contributed by atoms with E-state index in [9.17, 15) is 4.79 Å². The van der Waals surface area contributed by atoms with E-state index >= 15 is 0 Å². The van der Waals surface area contributed by atoms with Crippen molar-refractivity contribution in [2.24, 2.45) is 0 Å². The summed E-state index contributed by atoms with van der Waals surface area (Å²) in [7, 11) is 0. The van der Waals surface area contributed by atoms with E-state index in [4.69, 9.17) is 0 Å². The summed E-state index contributed by atoms with van der Waals surface area (Å²) in [5, 5.41) is 9.71. The Morgan fingerprint density at radius 2 is 0.714 bits per heavy atom. The monoisotopic (exact) mass is 801 g/mol. The van der Waals surface area contributed by atoms with Crippen LogP contribution in [-0.4, -0.2) is 4.57 Å². The summed E-state index contributed by atoms with van der Waals surface area (Å²) in [5.41, 5.74) is 13.4. The lowest BCUT2D eigenvalue weighted by Crippen LogP contribution is -2.19. The van der Waals surface area contributed by atoms with Gasteiger partial charge in [0.1, 0.15) is 0 Å². The quantitative estimate of drug-likeness (QED) is 0.121. The number of hydrogen-bond donors (Lipinski definition) is 0. The number of benzene rings is 11. The van der Waals surface area contributed by atoms with E-state index < -0.39 is 0 Å². The van der Waals surface area contributed by atoms with Gasteiger partial charge in [-0.3, -0.25) is 9.36 Å². The zero-order chi connectivity index (χ0) is 41.9. The molecule has 0 atom stereocenters. The molecule has 0 aliphatic carbocycles. The third kappa shape index (κ3) is 6.23. The maximum Gasteiger partial charge on any atom is 0.263 e. The fraction of sp³-hybridized carbons (Fsp3) is 0. The maximum atomic E-state index is 14.4. The molecule has 0 saturated carbocycles. The van der Waals surface area contributed by atoms with Gasteiger partial charge in [0, 0.05) is 16.5 Å². The standard InChI is InChI=1S/C61H39NO/c63-61-55-28-12-9-25-51(55)56-38-47(31-34-58(56)62(61)50-32-29-42-19-7-8-20-45(42)37-50)46-30-33-54-57(39-46)60(49-24-14-22-44(36-49)41-17-5-2-6-18-41)53-27-11-10-26-52(53)59(54)48-23-13-21-43(35-48)40-15-3-1-4-16-40/h1-39H. The van der Waals surface area contributed by atoms with Gasteiger partial charge in [-0.25, -0.2) is 0 Å². The van der Waals surface area contributed by atoms with Crippen LogP contribution in [-0.2, 0) is 0 Å². The summed E-state index contributed by atoms with van der Waals surface area (Å²) in [6.07, 6.45) is 0. The normalized spacial score (nSPS) is 11.6. The molecular weight excluding hydrogens is 763 g/mol. The number of pyridine rings is 1. The van der Waals surface area contributed by atoms with Gasteiger partial charge in [0.05, 0.1) is 5.52 Å². The van der Waals surface area contributed by atoms with Crippen molar-refractivity contribution < 1.29 is 0 Å². The van der Waals surface area contributed by atoms with E-state index in [1.807, 2.05) is 34.9 Å². The molecule has 2 nitrogen and oxygen atoms in total. The molecule has 0 fully saturated rings. The first-order valence-electron chi connectivity index (χ1n) is 21.5. The zero-order valence-corrected chi connectivity index (χ0v) is 34.4. The lowest BCUT2D eigenvalue weighted by atomic mass is 9.84. The summed E-state index contributed by atoms with van der Waals surface area (Å²) < 4.78 is 1.88. The van der Waals surface area contributed by atoms with Crippen molar-refractivity contribution in [1.82, 2.24) is 4.57 Å². The lowest BCUT2D eigenvalue weighted by molar-refractivity contribution is 1.06. The van der Waals surface area contributed by atoms with Gasteiger partial charge in [0.15, 0.2) is 0 Å². The Bertz CT molecular complexity index is 3810. The predicted octanol–water partition coefficient (Wildman–Crippen LogP) is 15.9. The molecule has 1 heterocycles. The summed E-state index contributed by atoms with van der Waals surface area (Å²) in [6.45, 7) is 0. The fourth-order valence-corrected chi connectivity index (χ4v) is 9.78. The third-order valence-corrected chi connectivity index (χ3v) is 12.8. The second-order valence-electron chi connectivity index (χ2n) is 16.4. The highest BCUT2D eigenvalue weighted by molar-refractivity contribution is 6.22. The van der Waals surface area contributed by atoms with Gasteiger partial charge in [0.2, 0.25) is 0 Å². The van der Waals surface area contributed by atoms with Crippen LogP contribution >= 0.6 is 0 Å². The van der Waals surface area contributed by atoms with Crippen LogP contribution in [0.5, 0.6) is 0 Å². The van der Waals surface area contributed by atoms with Gasteiger partial charge >= 0.3 is 0 Å². The predicted molar refractivity (Wildman–Crippen MR) is 267 cm³/mol. The highest BCUT2D eigenvalue weighted by atomic mass is 16.1. The number of rotatable bonds is 6. The molecule has 0 aliphatic heterocycles. The Kier molecular flexibility index (Phi) is 8.69. The highest BCUT2D eigenvalue weighted by Crippen LogP contribution is 2.46. The minimum Gasteiger partial charge on any atom is -0.276 e. The molecule has 0 saturated heterocycles. The number of nitrogens with zero attached hydrogens (tertiary/aromatic N) is 1. The van der Waals surface area contributed by atoms with Crippen LogP contribution in [0.25, 0.3) is 115 Å². The molecule has 0 spiro atoms. The molecule has 0 aliphatic rings. The molecule has 12 aromatic rings. The SMILES string of the molecule is O=c1c2ccccc2c2cc(-c3ccc4c(-c5cccc(-c6ccccc6)c5)c5ccccc5c(-c5cccc(-c6ccccc6)c5)c4c3)ccc2n1-c1ccc2ccccc2c1. The molecule has 2 heteroatoms. The molecule has 1 aromatic heterocycles. The van der Waals surface area contributed by atoms with Crippen LogP contribution < -0.4 is 5.56 Å². The van der Waals surface area contributed by atoms with Gasteiger partial charge in [-0.1, -0.05) is 188 Å². The Morgan fingerprint density at radius 1 is 0.254 bits per heavy atom. The van der Waals surface area contributed by atoms with Crippen molar-refractivity contribution in [2.45, 2.75) is 0 Å². The molecule has 294 valence electrons. The molecule has 0 amide bonds. The topological polar surface area (TPSA) is 22.0 Å². The van der Waals surface area contributed by atoms with E-state index in [-0.39, 0.29) is 5.56 Å². The zero-order valence-electron chi connectivity index (χ0n) is 34.4. The van der Waals surface area contributed by atoms with Gasteiger partial charge in [-0.2, -0.15) is 0 Å². The van der Waals surface area contributed by atoms with Gasteiger partial charge in [0.25, 0.3) is 5.56 Å². The van der Waals surface area contributed by atoms with Crippen LogP contribution in [0.2, 0.25) is 0 Å². The molecule has 0 unspecified atom stereocenters. The number of fused-ring (bicyclic) bond motifs is 6. The van der Waals surface area contributed by atoms with E-state index in [0.717, 1.165) is 43.9 Å². The van der Waals surface area contributed by atoms with Gasteiger partial charge in [-0.05, 0) is 142 Å². The van der Waals surface area contributed by atoms with Gasteiger partial charge < -0.3 is 0 Å². The molecule has 11 aromatic carbocycles. The van der Waals surface area contributed by atoms with Crippen LogP contribution in [0.15, 0.2) is 241 Å². The smallest absolute Gasteiger partial charge is 0.263 e. The van der Waals surface area contributed by atoms with Crippen molar-refractivity contribution in [1.29, 1.82) is 0 Å². The number of aromatic nitrogens is 1. The molecular formula is C61H39NO. The van der Waals surface area contributed by atoms with E-state index in [0.29, 0.717) is 5.39 Å². The van der Waals surface area contributed by atoms with E-state index in [1.165, 1.54) is 66.1 Å². The van der Waals surface area contributed by atoms with Crippen molar-refractivity contribution in [3.05, 3.63) is 247 Å². The van der Waals surface area contributed by atoms with Crippen molar-refractivity contribution in [3.8, 4) is 61.3 Å². The van der Waals surface area contributed by atoms with Crippen LogP contribution in [0, 0.1) is 0 Å². The van der Waals surface area contributed by atoms with E-state index in [2.05, 4.69) is 206 Å². The molecule has 0 N–H and O–H groups in total. The van der Waals surface area contributed by atoms with E-state index in [1.54, 1.807) is 0 Å². The second-order valence-corrected chi connectivity index (χ2v) is 16.4. The molecule has 0 bridgehead atoms. The first kappa shape index (κ1) is 36.5. The Morgan fingerprint density at radius 3 is 1.37 bits per heavy atom. The Hall–Kier alpha value is -8.33. The van der Waals surface area contributed by atoms with Gasteiger partial charge in [-0.15, -0.1) is 0 Å². The first-order chi connectivity index (χ1) is 31.2. The summed E-state index contributed by atoms with van der Waals surface area (Å²) >= 11 is 0. The Balaban J connectivity index is 1.12. The molecule has 0 radical (unpaired) electrons. The van der Waals surface area contributed by atoms with Crippen molar-refractivity contribution in [2.75, 3.05) is 0 Å². The molecule has 12 rings (SSSR count). The average molecular weight is 802 g/mol. The minimum absolute atomic E-state index is 0.0232. The summed E-state index contributed by atoms with van der Waals surface area (Å²) in [6, 6.07) is 84.3. The molecule has 63 heavy (non-hydrogen) atoms. The average Bonchev–Trinajstić information content (AvgIpc) is 3.36. The summed E-state index contributed by atoms with van der Waals surface area (Å²) in [5.74, 6) is 0. The lowest BCUT2D eigenvalue weighted by Gasteiger charge is -2.20. The van der Waals surface area contributed by atoms with Crippen LogP contribution in [0.1, 0.15) is 0 Å². The van der Waals surface area contributed by atoms with Crippen molar-refractivity contribution >= 4 is 54.0 Å². The largest absolute Gasteiger partial charge is 0.276 e. The fourth-order valence-electron chi connectivity index (χ4n) is 9.78.